The molecule has 3 atom stereocenters. The van der Waals surface area contributed by atoms with Gasteiger partial charge in [-0.2, -0.15) is 0 Å². The SMILES string of the molecule is CCCCCCCCCCCCCCC/C=C/CC/C=C/CC/C=C/C(O)C(CO)NC(=O)CC(O)CCCCCCCCCCCCCCCCCCCCCCCCCCCCC. The lowest BCUT2D eigenvalue weighted by atomic mass is 10.0. The summed E-state index contributed by atoms with van der Waals surface area (Å²) in [5.41, 5.74) is 0. The topological polar surface area (TPSA) is 89.8 Å². The van der Waals surface area contributed by atoms with Crippen LogP contribution < -0.4 is 5.32 Å². The summed E-state index contributed by atoms with van der Waals surface area (Å²) in [6.07, 6.45) is 72.0. The maximum atomic E-state index is 12.5. The van der Waals surface area contributed by atoms with E-state index >= 15 is 0 Å². The first-order valence-corrected chi connectivity index (χ1v) is 29.3. The molecule has 0 aromatic heterocycles. The highest BCUT2D eigenvalue weighted by atomic mass is 16.3. The second-order valence-corrected chi connectivity index (χ2v) is 20.2. The third-order valence-corrected chi connectivity index (χ3v) is 13.7. The summed E-state index contributed by atoms with van der Waals surface area (Å²) in [4.78, 5) is 12.5. The van der Waals surface area contributed by atoms with Crippen LogP contribution in [0.4, 0.5) is 0 Å². The van der Waals surface area contributed by atoms with E-state index in [4.69, 9.17) is 0 Å². The molecule has 0 aromatic rings. The summed E-state index contributed by atoms with van der Waals surface area (Å²) in [6, 6.07) is -0.767. The average molecular weight is 915 g/mol. The third kappa shape index (κ3) is 51.8. The van der Waals surface area contributed by atoms with Crippen LogP contribution in [0.2, 0.25) is 0 Å². The van der Waals surface area contributed by atoms with E-state index in [2.05, 4.69) is 43.5 Å². The summed E-state index contributed by atoms with van der Waals surface area (Å²) >= 11 is 0. The molecule has 1 amide bonds. The normalized spacial score (nSPS) is 13.5. The molecular weight excluding hydrogens is 799 g/mol. The molecule has 384 valence electrons. The summed E-state index contributed by atoms with van der Waals surface area (Å²) in [6.45, 7) is 4.24. The number of unbranched alkanes of at least 4 members (excludes halogenated alkanes) is 41. The predicted molar refractivity (Wildman–Crippen MR) is 287 cm³/mol. The van der Waals surface area contributed by atoms with E-state index < -0.39 is 18.2 Å². The molecule has 0 radical (unpaired) electrons. The molecule has 5 heteroatoms. The highest BCUT2D eigenvalue weighted by Gasteiger charge is 2.20. The van der Waals surface area contributed by atoms with Gasteiger partial charge in [0.15, 0.2) is 0 Å². The van der Waals surface area contributed by atoms with Crippen molar-refractivity contribution < 1.29 is 20.1 Å². The van der Waals surface area contributed by atoms with Gasteiger partial charge in [-0.05, 0) is 44.9 Å². The Balaban J connectivity index is 3.59. The van der Waals surface area contributed by atoms with Gasteiger partial charge >= 0.3 is 0 Å². The number of allylic oxidation sites excluding steroid dienone is 5. The van der Waals surface area contributed by atoms with Crippen LogP contribution in [-0.4, -0.2) is 46.1 Å². The maximum absolute atomic E-state index is 12.5. The number of rotatable bonds is 54. The van der Waals surface area contributed by atoms with E-state index in [0.29, 0.717) is 6.42 Å². The molecule has 4 N–H and O–H groups in total. The van der Waals surface area contributed by atoms with Gasteiger partial charge in [-0.1, -0.05) is 301 Å². The van der Waals surface area contributed by atoms with Crippen molar-refractivity contribution in [1.82, 2.24) is 5.32 Å². The molecule has 0 aliphatic carbocycles. The minimum Gasteiger partial charge on any atom is -0.394 e. The predicted octanol–water partition coefficient (Wildman–Crippen LogP) is 18.2. The summed E-state index contributed by atoms with van der Waals surface area (Å²) in [5, 5.41) is 33.5. The van der Waals surface area contributed by atoms with E-state index in [9.17, 15) is 20.1 Å². The van der Waals surface area contributed by atoms with E-state index in [1.807, 2.05) is 6.08 Å². The van der Waals surface area contributed by atoms with Crippen LogP contribution in [-0.2, 0) is 4.79 Å². The Kier molecular flexibility index (Phi) is 54.0. The number of aliphatic hydroxyl groups is 3. The number of carbonyl (C=O) groups is 1. The minimum absolute atomic E-state index is 0.00579. The number of aliphatic hydroxyl groups excluding tert-OH is 3. The molecule has 0 heterocycles. The number of nitrogens with one attached hydrogen (secondary N) is 1. The fourth-order valence-electron chi connectivity index (χ4n) is 9.20. The summed E-state index contributed by atoms with van der Waals surface area (Å²) in [7, 11) is 0. The van der Waals surface area contributed by atoms with Crippen LogP contribution in [0.3, 0.4) is 0 Å². The first-order chi connectivity index (χ1) is 32.0. The lowest BCUT2D eigenvalue weighted by molar-refractivity contribution is -0.124. The number of carbonyl (C=O) groups excluding carboxylic acids is 1. The van der Waals surface area contributed by atoms with Crippen molar-refractivity contribution in [2.24, 2.45) is 0 Å². The quantitative estimate of drug-likeness (QED) is 0.0361. The largest absolute Gasteiger partial charge is 0.394 e. The zero-order chi connectivity index (χ0) is 47.2. The fourth-order valence-corrected chi connectivity index (χ4v) is 9.20. The fraction of sp³-hybridized carbons (Fsp3) is 0.883. The van der Waals surface area contributed by atoms with Crippen molar-refractivity contribution in [2.45, 2.75) is 334 Å². The number of amides is 1. The molecule has 0 rings (SSSR count). The molecule has 0 saturated heterocycles. The molecule has 0 bridgehead atoms. The Morgan fingerprint density at radius 3 is 0.985 bits per heavy atom. The van der Waals surface area contributed by atoms with E-state index in [-0.39, 0.29) is 18.9 Å². The lowest BCUT2D eigenvalue weighted by Crippen LogP contribution is -2.45. The molecule has 3 unspecified atom stereocenters. The monoisotopic (exact) mass is 914 g/mol. The standard InChI is InChI=1S/C60H115NO4/c1-3-5-7-9-11-13-15-17-19-21-23-25-27-28-29-30-32-33-35-37-39-41-43-45-47-49-51-53-57(63)55-60(65)61-58(56-62)59(64)54-52-50-48-46-44-42-40-38-36-34-31-26-24-22-20-18-16-14-12-10-8-6-4-2/h36,38,44,46,52,54,57-59,62-64H,3-35,37,39-43,45,47-51,53,55-56H2,1-2H3,(H,61,65)/b38-36+,46-44+,54-52+. The van der Waals surface area contributed by atoms with Crippen LogP contribution in [0.5, 0.6) is 0 Å². The van der Waals surface area contributed by atoms with Crippen molar-refractivity contribution in [3.63, 3.8) is 0 Å². The second kappa shape index (κ2) is 55.2. The maximum Gasteiger partial charge on any atom is 0.222 e. The zero-order valence-electron chi connectivity index (χ0n) is 43.9. The van der Waals surface area contributed by atoms with Crippen molar-refractivity contribution in [2.75, 3.05) is 6.61 Å². The van der Waals surface area contributed by atoms with Crippen molar-refractivity contribution >= 4 is 5.91 Å². The van der Waals surface area contributed by atoms with Gasteiger partial charge in [-0.25, -0.2) is 0 Å². The van der Waals surface area contributed by atoms with Gasteiger partial charge in [0.2, 0.25) is 5.91 Å². The minimum atomic E-state index is -0.960. The molecule has 0 aromatic carbocycles. The first-order valence-electron chi connectivity index (χ1n) is 29.3. The van der Waals surface area contributed by atoms with Gasteiger partial charge < -0.3 is 20.6 Å². The number of hydrogen-bond donors (Lipinski definition) is 4. The number of hydrogen-bond acceptors (Lipinski definition) is 4. The molecule has 0 aliphatic rings. The van der Waals surface area contributed by atoms with Gasteiger partial charge in [0.1, 0.15) is 0 Å². The molecule has 5 nitrogen and oxygen atoms in total. The van der Waals surface area contributed by atoms with E-state index in [1.165, 1.54) is 250 Å². The van der Waals surface area contributed by atoms with Crippen LogP contribution in [0, 0.1) is 0 Å². The molecular formula is C60H115NO4. The van der Waals surface area contributed by atoms with Gasteiger partial charge in [0.25, 0.3) is 0 Å². The van der Waals surface area contributed by atoms with Gasteiger partial charge in [-0.15, -0.1) is 0 Å². The van der Waals surface area contributed by atoms with Crippen LogP contribution in [0.1, 0.15) is 316 Å². The third-order valence-electron chi connectivity index (χ3n) is 13.7. The van der Waals surface area contributed by atoms with E-state index in [1.54, 1.807) is 6.08 Å². The molecule has 0 spiro atoms. The van der Waals surface area contributed by atoms with Crippen LogP contribution >= 0.6 is 0 Å². The van der Waals surface area contributed by atoms with Crippen molar-refractivity contribution in [1.29, 1.82) is 0 Å². The smallest absolute Gasteiger partial charge is 0.222 e. The van der Waals surface area contributed by atoms with Crippen molar-refractivity contribution in [3.8, 4) is 0 Å². The Morgan fingerprint density at radius 2 is 0.662 bits per heavy atom. The Morgan fingerprint density at radius 1 is 0.385 bits per heavy atom. The zero-order valence-corrected chi connectivity index (χ0v) is 43.9. The second-order valence-electron chi connectivity index (χ2n) is 20.2. The summed E-state index contributed by atoms with van der Waals surface area (Å²) < 4.78 is 0. The molecule has 0 aliphatic heterocycles. The van der Waals surface area contributed by atoms with Crippen LogP contribution in [0.25, 0.3) is 0 Å². The Hall–Kier alpha value is -1.43. The van der Waals surface area contributed by atoms with Crippen molar-refractivity contribution in [3.05, 3.63) is 36.5 Å². The van der Waals surface area contributed by atoms with Gasteiger partial charge in [0.05, 0.1) is 31.3 Å². The highest BCUT2D eigenvalue weighted by molar-refractivity contribution is 5.76. The highest BCUT2D eigenvalue weighted by Crippen LogP contribution is 2.18. The van der Waals surface area contributed by atoms with Crippen LogP contribution in [0.15, 0.2) is 36.5 Å². The Labute approximate surface area is 406 Å². The Bertz CT molecular complexity index is 1010. The van der Waals surface area contributed by atoms with Gasteiger partial charge in [-0.3, -0.25) is 4.79 Å². The first kappa shape index (κ1) is 63.6. The average Bonchev–Trinajstić information content (AvgIpc) is 3.30. The molecule has 0 saturated carbocycles. The lowest BCUT2D eigenvalue weighted by Gasteiger charge is -2.21. The summed E-state index contributed by atoms with van der Waals surface area (Å²) in [5.74, 6) is -0.324. The molecule has 0 fully saturated rings. The van der Waals surface area contributed by atoms with E-state index in [0.717, 1.165) is 38.5 Å². The van der Waals surface area contributed by atoms with Gasteiger partial charge in [0, 0.05) is 0 Å². The molecule has 65 heavy (non-hydrogen) atoms.